The molecule has 0 bridgehead atoms. The minimum absolute atomic E-state index is 0.158. The van der Waals surface area contributed by atoms with Crippen LogP contribution in [0.1, 0.15) is 54.0 Å². The Kier molecular flexibility index (Phi) is 3.96. The van der Waals surface area contributed by atoms with E-state index in [4.69, 9.17) is 9.26 Å². The van der Waals surface area contributed by atoms with Crippen LogP contribution in [0.3, 0.4) is 0 Å². The number of carboxylic acid groups (broad SMARTS) is 1. The van der Waals surface area contributed by atoms with Gasteiger partial charge in [-0.25, -0.2) is 9.32 Å². The average molecular weight is 398 g/mol. The summed E-state index contributed by atoms with van der Waals surface area (Å²) in [7, 11) is 1.66. The van der Waals surface area contributed by atoms with Gasteiger partial charge < -0.3 is 14.4 Å². The summed E-state index contributed by atoms with van der Waals surface area (Å²) in [5.74, 6) is -0.354. The largest absolute Gasteiger partial charge is 0.547 e. The van der Waals surface area contributed by atoms with Crippen LogP contribution in [-0.4, -0.2) is 33.8 Å². The Labute approximate surface area is 166 Å². The first-order chi connectivity index (χ1) is 13.9. The molecule has 152 valence electrons. The van der Waals surface area contributed by atoms with Gasteiger partial charge in [-0.05, 0) is 54.9 Å². The Morgan fingerprint density at radius 1 is 1.31 bits per heavy atom. The Hall–Kier alpha value is -2.87. The smallest absolute Gasteiger partial charge is 0.477 e. The minimum Gasteiger partial charge on any atom is -0.477 e. The Morgan fingerprint density at radius 3 is 2.62 bits per heavy atom. The Bertz CT molecular complexity index is 1170. The maximum atomic E-state index is 12.1. The fourth-order valence-electron chi connectivity index (χ4n) is 5.01. The second-order valence-corrected chi connectivity index (χ2v) is 8.25. The number of rotatable bonds is 4. The van der Waals surface area contributed by atoms with E-state index in [-0.39, 0.29) is 11.6 Å². The van der Waals surface area contributed by atoms with Crippen molar-refractivity contribution in [2.24, 2.45) is 13.0 Å². The van der Waals surface area contributed by atoms with Gasteiger partial charge in [0.15, 0.2) is 5.54 Å². The highest BCUT2D eigenvalue weighted by atomic mass is 16.5. The van der Waals surface area contributed by atoms with Gasteiger partial charge in [0.25, 0.3) is 0 Å². The van der Waals surface area contributed by atoms with Crippen LogP contribution in [0.4, 0.5) is 0 Å². The minimum atomic E-state index is -0.985. The second-order valence-electron chi connectivity index (χ2n) is 8.25. The van der Waals surface area contributed by atoms with Gasteiger partial charge in [-0.3, -0.25) is 0 Å². The van der Waals surface area contributed by atoms with Crippen LogP contribution in [0.25, 0.3) is 10.9 Å². The normalized spacial score (nSPS) is 24.8. The van der Waals surface area contributed by atoms with Crippen molar-refractivity contribution >= 4 is 16.9 Å². The summed E-state index contributed by atoms with van der Waals surface area (Å²) in [6.07, 6.45) is 2.68. The third-order valence-corrected chi connectivity index (χ3v) is 6.57. The number of nitrogens with one attached hydrogen (secondary N) is 1. The molecule has 1 aromatic carbocycles. The van der Waals surface area contributed by atoms with Crippen LogP contribution in [0.2, 0.25) is 0 Å². The Balaban J connectivity index is 1.70. The Morgan fingerprint density at radius 2 is 2.03 bits per heavy atom. The molecule has 1 aliphatic carbocycles. The third-order valence-electron chi connectivity index (χ3n) is 6.57. The van der Waals surface area contributed by atoms with Crippen LogP contribution in [-0.2, 0) is 17.3 Å². The van der Waals surface area contributed by atoms with E-state index in [1.54, 1.807) is 13.1 Å². The number of fused-ring (bicyclic) bond motifs is 1. The van der Waals surface area contributed by atoms with E-state index in [9.17, 15) is 14.7 Å². The van der Waals surface area contributed by atoms with E-state index in [1.807, 2.05) is 10.6 Å². The van der Waals surface area contributed by atoms with Gasteiger partial charge in [0, 0.05) is 24.1 Å². The summed E-state index contributed by atoms with van der Waals surface area (Å²) >= 11 is 0. The van der Waals surface area contributed by atoms with Crippen molar-refractivity contribution in [2.75, 3.05) is 13.2 Å². The van der Waals surface area contributed by atoms with Crippen LogP contribution < -0.4 is 10.5 Å². The molecule has 1 aliphatic heterocycles. The molecule has 5 rings (SSSR count). The molecule has 2 aromatic heterocycles. The number of nitrogens with zero attached hydrogens (tertiary/aromatic N) is 2. The zero-order valence-corrected chi connectivity index (χ0v) is 16.5. The van der Waals surface area contributed by atoms with Gasteiger partial charge >= 0.3 is 17.5 Å². The number of aromatic nitrogens is 3. The summed E-state index contributed by atoms with van der Waals surface area (Å²) in [6, 6.07) is 7.95. The molecule has 2 atom stereocenters. The van der Waals surface area contributed by atoms with Crippen LogP contribution in [0.15, 0.2) is 33.6 Å². The zero-order valence-electron chi connectivity index (χ0n) is 16.5. The molecular weight excluding hydrogens is 374 g/mol. The van der Waals surface area contributed by atoms with Crippen molar-refractivity contribution in [1.82, 2.24) is 9.55 Å². The van der Waals surface area contributed by atoms with Crippen molar-refractivity contribution in [1.29, 1.82) is 0 Å². The van der Waals surface area contributed by atoms with E-state index >= 15 is 0 Å². The molecule has 2 fully saturated rings. The maximum Gasteiger partial charge on any atom is 0.547 e. The molecule has 29 heavy (non-hydrogen) atoms. The van der Waals surface area contributed by atoms with Crippen molar-refractivity contribution in [3.8, 4) is 0 Å². The van der Waals surface area contributed by atoms with E-state index < -0.39 is 17.3 Å². The summed E-state index contributed by atoms with van der Waals surface area (Å²) in [6.45, 7) is 3.57. The lowest BCUT2D eigenvalue weighted by atomic mass is 9.91. The summed E-state index contributed by atoms with van der Waals surface area (Å²) in [5, 5.41) is 10.8. The lowest BCUT2D eigenvalue weighted by Gasteiger charge is -2.23. The molecule has 3 heterocycles. The highest BCUT2D eigenvalue weighted by molar-refractivity contribution is 5.95. The van der Waals surface area contributed by atoms with Gasteiger partial charge in [0.2, 0.25) is 0 Å². The van der Waals surface area contributed by atoms with Crippen LogP contribution in [0, 0.1) is 5.92 Å². The van der Waals surface area contributed by atoms with Gasteiger partial charge in [-0.2, -0.15) is 9.78 Å². The predicted molar refractivity (Wildman–Crippen MR) is 103 cm³/mol. The fraction of sp³-hybridized carbons (Fsp3) is 0.476. The lowest BCUT2D eigenvalue weighted by Crippen LogP contribution is -2.40. The number of hydrogen-bond acceptors (Lipinski definition) is 4. The molecular formula is C21H24N3O5+. The van der Waals surface area contributed by atoms with Crippen molar-refractivity contribution in [2.45, 2.75) is 37.6 Å². The predicted octanol–water partition coefficient (Wildman–Crippen LogP) is 2.12. The monoisotopic (exact) mass is 398 g/mol. The molecule has 8 nitrogen and oxygen atoms in total. The lowest BCUT2D eigenvalue weighted by molar-refractivity contribution is -0.854. The number of carbonyl (C=O) groups is 1. The summed E-state index contributed by atoms with van der Waals surface area (Å²) in [5.41, 5.74) is 1.64. The number of hydrogen-bond donors (Lipinski definition) is 2. The third kappa shape index (κ3) is 2.66. The second kappa shape index (κ2) is 6.32. The van der Waals surface area contributed by atoms with E-state index in [1.165, 1.54) is 10.3 Å². The SMILES string of the molecule is C[C@H]1C[C@]1(c1[nH]c(=O)o[n+]1C)n1c(C(=O)O)cc2cc(C3CCOCC3)ccc21. The molecule has 0 unspecified atom stereocenters. The highest BCUT2D eigenvalue weighted by Crippen LogP contribution is 2.55. The standard InChI is InChI=1S/C21H23N3O5/c1-12-11-21(12,19-22-20(27)29-23(19)2)24-16-4-3-14(13-5-7-28-8-6-13)9-15(16)10-17(24)18(25)26/h3-4,9-10,12-13H,5-8,11H2,1-2H3,(H,25,26)/p+1/t12-,21-/m0/s1. The number of H-pyrrole nitrogens is 1. The van der Waals surface area contributed by atoms with Crippen molar-refractivity contribution in [3.63, 3.8) is 0 Å². The first-order valence-corrected chi connectivity index (χ1v) is 9.99. The van der Waals surface area contributed by atoms with Gasteiger partial charge in [-0.1, -0.05) is 17.7 Å². The molecule has 1 saturated carbocycles. The number of carboxylic acids is 1. The molecule has 0 radical (unpaired) electrons. The van der Waals surface area contributed by atoms with Crippen LogP contribution in [0.5, 0.6) is 0 Å². The number of aromatic carboxylic acids is 1. The van der Waals surface area contributed by atoms with E-state index in [2.05, 4.69) is 24.0 Å². The van der Waals surface area contributed by atoms with Crippen molar-refractivity contribution < 1.29 is 23.9 Å². The maximum absolute atomic E-state index is 12.1. The number of benzene rings is 1. The van der Waals surface area contributed by atoms with Gasteiger partial charge in [0.1, 0.15) is 12.7 Å². The molecule has 1 saturated heterocycles. The quantitative estimate of drug-likeness (QED) is 0.656. The fourth-order valence-corrected chi connectivity index (χ4v) is 5.01. The molecule has 2 N–H and O–H groups in total. The van der Waals surface area contributed by atoms with Crippen LogP contribution >= 0.6 is 0 Å². The molecule has 2 aliphatic rings. The topological polar surface area (TPSA) is 101 Å². The summed E-state index contributed by atoms with van der Waals surface area (Å²) in [4.78, 5) is 26.7. The van der Waals surface area contributed by atoms with E-state index in [0.717, 1.165) is 43.4 Å². The number of ether oxygens (including phenoxy) is 1. The number of aromatic amines is 1. The highest BCUT2D eigenvalue weighted by Gasteiger charge is 2.63. The van der Waals surface area contributed by atoms with E-state index in [0.29, 0.717) is 11.7 Å². The first kappa shape index (κ1) is 18.2. The molecule has 0 spiro atoms. The summed E-state index contributed by atoms with van der Waals surface area (Å²) < 4.78 is 13.9. The average Bonchev–Trinajstić information content (AvgIpc) is 3.05. The first-order valence-electron chi connectivity index (χ1n) is 9.99. The van der Waals surface area contributed by atoms with Gasteiger partial charge in [0.05, 0.1) is 0 Å². The molecule has 8 heteroatoms. The van der Waals surface area contributed by atoms with Gasteiger partial charge in [-0.15, -0.1) is 0 Å². The number of aryl methyl sites for hydroxylation is 1. The molecule has 3 aromatic rings. The molecule has 0 amide bonds. The zero-order chi connectivity index (χ0) is 20.3. The van der Waals surface area contributed by atoms with Crippen molar-refractivity contribution in [3.05, 3.63) is 51.9 Å².